The van der Waals surface area contributed by atoms with Crippen LogP contribution in [0.5, 0.6) is 0 Å². The molecular formula is C17H21N5O2S. The highest BCUT2D eigenvalue weighted by atomic mass is 32.1. The zero-order chi connectivity index (χ0) is 17.8. The third-order valence-electron chi connectivity index (χ3n) is 4.12. The molecular weight excluding hydrogens is 338 g/mol. The van der Waals surface area contributed by atoms with Gasteiger partial charge in [-0.2, -0.15) is 0 Å². The molecule has 1 fully saturated rings. The van der Waals surface area contributed by atoms with E-state index in [0.717, 1.165) is 29.1 Å². The van der Waals surface area contributed by atoms with Crippen molar-refractivity contribution in [1.82, 2.24) is 15.1 Å². The van der Waals surface area contributed by atoms with E-state index in [-0.39, 0.29) is 11.9 Å². The number of aromatic nitrogens is 2. The number of benzene rings is 1. The molecule has 8 heteroatoms. The van der Waals surface area contributed by atoms with Crippen molar-refractivity contribution >= 4 is 34.1 Å². The summed E-state index contributed by atoms with van der Waals surface area (Å²) < 4.78 is 0. The number of carbonyl (C=O) groups excluding carboxylic acids is 2. The van der Waals surface area contributed by atoms with Crippen LogP contribution in [0.3, 0.4) is 0 Å². The van der Waals surface area contributed by atoms with Gasteiger partial charge < -0.3 is 10.2 Å². The normalized spacial score (nSPS) is 16.7. The van der Waals surface area contributed by atoms with Gasteiger partial charge in [0.25, 0.3) is 0 Å². The molecule has 3 rings (SSSR count). The van der Waals surface area contributed by atoms with Gasteiger partial charge >= 0.3 is 6.03 Å². The number of hydrogen-bond acceptors (Lipinski definition) is 5. The minimum absolute atomic E-state index is 0.213. The van der Waals surface area contributed by atoms with Crippen LogP contribution in [-0.4, -0.2) is 39.6 Å². The minimum Gasteiger partial charge on any atom is -0.312 e. The summed E-state index contributed by atoms with van der Waals surface area (Å²) in [7, 11) is 0. The van der Waals surface area contributed by atoms with E-state index >= 15 is 0 Å². The summed E-state index contributed by atoms with van der Waals surface area (Å²) in [6.45, 7) is 4.54. The zero-order valence-corrected chi connectivity index (χ0v) is 15.1. The number of carbonyl (C=O) groups is 2. The Morgan fingerprint density at radius 1 is 1.24 bits per heavy atom. The van der Waals surface area contributed by atoms with Gasteiger partial charge in [-0.05, 0) is 38.3 Å². The van der Waals surface area contributed by atoms with E-state index in [1.165, 1.54) is 11.3 Å². The monoisotopic (exact) mass is 359 g/mol. The first-order chi connectivity index (χ1) is 12.1. The number of likely N-dealkylation sites (tertiary alicyclic amines) is 1. The molecule has 25 heavy (non-hydrogen) atoms. The minimum atomic E-state index is -0.487. The Balaban J connectivity index is 1.63. The molecule has 2 heterocycles. The lowest BCUT2D eigenvalue weighted by Gasteiger charge is -2.23. The first kappa shape index (κ1) is 17.3. The van der Waals surface area contributed by atoms with E-state index in [0.29, 0.717) is 18.1 Å². The quantitative estimate of drug-likeness (QED) is 0.878. The standard InChI is InChI=1S/C17H21N5O2S/c1-3-14-20-21-16(25-14)19-15(23)13-5-4-10-22(13)17(24)18-12-8-6-11(2)7-9-12/h6-9,13H,3-5,10H2,1-2H3,(H,18,24)(H,19,21,23)/t13-/m1/s1. The number of nitrogens with zero attached hydrogens (tertiary/aromatic N) is 3. The number of rotatable bonds is 4. The van der Waals surface area contributed by atoms with Crippen LogP contribution in [0.15, 0.2) is 24.3 Å². The summed E-state index contributed by atoms with van der Waals surface area (Å²) in [4.78, 5) is 26.6. The second-order valence-electron chi connectivity index (χ2n) is 5.99. The molecule has 0 unspecified atom stereocenters. The molecule has 2 aromatic rings. The van der Waals surface area contributed by atoms with Gasteiger partial charge in [0.2, 0.25) is 11.0 Å². The Kier molecular flexibility index (Phi) is 5.28. The average Bonchev–Trinajstić information content (AvgIpc) is 3.25. The lowest BCUT2D eigenvalue weighted by atomic mass is 10.2. The smallest absolute Gasteiger partial charge is 0.312 e. The molecule has 1 saturated heterocycles. The van der Waals surface area contributed by atoms with Crippen molar-refractivity contribution in [2.75, 3.05) is 17.2 Å². The summed E-state index contributed by atoms with van der Waals surface area (Å²) in [5.74, 6) is -0.213. The van der Waals surface area contributed by atoms with Crippen LogP contribution in [0.4, 0.5) is 15.6 Å². The van der Waals surface area contributed by atoms with Gasteiger partial charge in [0.05, 0.1) is 0 Å². The molecule has 0 aliphatic carbocycles. The van der Waals surface area contributed by atoms with Crippen LogP contribution < -0.4 is 10.6 Å². The summed E-state index contributed by atoms with van der Waals surface area (Å²) in [6.07, 6.45) is 2.23. The van der Waals surface area contributed by atoms with Crippen molar-refractivity contribution in [2.24, 2.45) is 0 Å². The van der Waals surface area contributed by atoms with E-state index in [9.17, 15) is 9.59 Å². The Bertz CT molecular complexity index is 759. The maximum Gasteiger partial charge on any atom is 0.322 e. The molecule has 0 saturated carbocycles. The molecule has 0 spiro atoms. The molecule has 0 bridgehead atoms. The fraction of sp³-hybridized carbons (Fsp3) is 0.412. The first-order valence-electron chi connectivity index (χ1n) is 8.34. The van der Waals surface area contributed by atoms with Crippen LogP contribution >= 0.6 is 11.3 Å². The van der Waals surface area contributed by atoms with Crippen LogP contribution in [0, 0.1) is 6.92 Å². The summed E-state index contributed by atoms with van der Waals surface area (Å²) in [6, 6.07) is 6.83. The molecule has 1 aliphatic rings. The third kappa shape index (κ3) is 4.14. The highest BCUT2D eigenvalue weighted by Gasteiger charge is 2.34. The zero-order valence-electron chi connectivity index (χ0n) is 14.3. The summed E-state index contributed by atoms with van der Waals surface area (Å²) >= 11 is 1.36. The van der Waals surface area contributed by atoms with E-state index in [1.54, 1.807) is 4.90 Å². The van der Waals surface area contributed by atoms with Crippen LogP contribution in [0.25, 0.3) is 0 Å². The van der Waals surface area contributed by atoms with Crippen LogP contribution in [0.2, 0.25) is 0 Å². The van der Waals surface area contributed by atoms with Crippen molar-refractivity contribution in [2.45, 2.75) is 39.2 Å². The molecule has 132 valence electrons. The Labute approximate surface area is 150 Å². The number of aryl methyl sites for hydroxylation is 2. The van der Waals surface area contributed by atoms with Crippen molar-refractivity contribution < 1.29 is 9.59 Å². The number of anilines is 2. The van der Waals surface area contributed by atoms with Crippen molar-refractivity contribution in [3.05, 3.63) is 34.8 Å². The molecule has 7 nitrogen and oxygen atoms in total. The predicted molar refractivity (Wildman–Crippen MR) is 97.8 cm³/mol. The third-order valence-corrected chi connectivity index (χ3v) is 5.10. The second-order valence-corrected chi connectivity index (χ2v) is 7.05. The van der Waals surface area contributed by atoms with Crippen molar-refractivity contribution in [3.8, 4) is 0 Å². The lowest BCUT2D eigenvalue weighted by molar-refractivity contribution is -0.119. The summed E-state index contributed by atoms with van der Waals surface area (Å²) in [5, 5.41) is 14.9. The van der Waals surface area contributed by atoms with Gasteiger partial charge in [0.15, 0.2) is 0 Å². The predicted octanol–water partition coefficient (Wildman–Crippen LogP) is 3.04. The Morgan fingerprint density at radius 2 is 2.00 bits per heavy atom. The number of nitrogens with one attached hydrogen (secondary N) is 2. The highest BCUT2D eigenvalue weighted by molar-refractivity contribution is 7.15. The first-order valence-corrected chi connectivity index (χ1v) is 9.16. The largest absolute Gasteiger partial charge is 0.322 e. The molecule has 3 amide bonds. The second kappa shape index (κ2) is 7.60. The van der Waals surface area contributed by atoms with Crippen LogP contribution in [-0.2, 0) is 11.2 Å². The van der Waals surface area contributed by atoms with Crippen molar-refractivity contribution in [3.63, 3.8) is 0 Å². The Hall–Kier alpha value is -2.48. The van der Waals surface area contributed by atoms with Gasteiger partial charge in [-0.3, -0.25) is 10.1 Å². The number of hydrogen-bond donors (Lipinski definition) is 2. The van der Waals surface area contributed by atoms with Crippen molar-refractivity contribution in [1.29, 1.82) is 0 Å². The van der Waals surface area contributed by atoms with Gasteiger partial charge in [-0.15, -0.1) is 10.2 Å². The maximum atomic E-state index is 12.5. The maximum absolute atomic E-state index is 12.5. The molecule has 1 aliphatic heterocycles. The number of urea groups is 1. The summed E-state index contributed by atoms with van der Waals surface area (Å²) in [5.41, 5.74) is 1.85. The molecule has 0 radical (unpaired) electrons. The van der Waals surface area contributed by atoms with E-state index in [4.69, 9.17) is 0 Å². The number of amides is 3. The van der Waals surface area contributed by atoms with E-state index in [1.807, 2.05) is 38.1 Å². The topological polar surface area (TPSA) is 87.2 Å². The lowest BCUT2D eigenvalue weighted by Crippen LogP contribution is -2.45. The fourth-order valence-corrected chi connectivity index (χ4v) is 3.43. The van der Waals surface area contributed by atoms with Gasteiger partial charge in [-0.25, -0.2) is 4.79 Å². The van der Waals surface area contributed by atoms with Gasteiger partial charge in [0, 0.05) is 12.2 Å². The highest BCUT2D eigenvalue weighted by Crippen LogP contribution is 2.22. The molecule has 1 aromatic carbocycles. The molecule has 2 N–H and O–H groups in total. The van der Waals surface area contributed by atoms with E-state index < -0.39 is 6.04 Å². The fourth-order valence-electron chi connectivity index (χ4n) is 2.75. The average molecular weight is 359 g/mol. The Morgan fingerprint density at radius 3 is 2.68 bits per heavy atom. The van der Waals surface area contributed by atoms with E-state index in [2.05, 4.69) is 20.8 Å². The SMILES string of the molecule is CCc1nnc(NC(=O)[C@H]2CCCN2C(=O)Nc2ccc(C)cc2)s1. The molecule has 1 atom stereocenters. The molecule has 1 aromatic heterocycles. The van der Waals surface area contributed by atoms with Gasteiger partial charge in [-0.1, -0.05) is 36.0 Å². The van der Waals surface area contributed by atoms with Gasteiger partial charge in [0.1, 0.15) is 11.0 Å². The van der Waals surface area contributed by atoms with Crippen LogP contribution in [0.1, 0.15) is 30.3 Å².